The van der Waals surface area contributed by atoms with Gasteiger partial charge in [0, 0.05) is 7.05 Å². The summed E-state index contributed by atoms with van der Waals surface area (Å²) in [4.78, 5) is 17.2. The Balaban J connectivity index is 2.62. The molecule has 0 aliphatic rings. The highest BCUT2D eigenvalue weighted by Crippen LogP contribution is 2.07. The molecule has 1 aromatic heterocycles. The highest BCUT2D eigenvalue weighted by Gasteiger charge is 2.13. The lowest BCUT2D eigenvalue weighted by molar-refractivity contribution is 0.0818. The number of nitrogens with zero attached hydrogens (tertiary/aromatic N) is 3. The zero-order chi connectivity index (χ0) is 10.6. The Morgan fingerprint density at radius 3 is 3.07 bits per heavy atom. The van der Waals surface area contributed by atoms with E-state index in [-0.39, 0.29) is 18.3 Å². The van der Waals surface area contributed by atoms with E-state index in [9.17, 15) is 4.79 Å². The van der Waals surface area contributed by atoms with Gasteiger partial charge in [0.25, 0.3) is 5.91 Å². The number of likely N-dealkylation sites (N-methyl/N-ethyl adjacent to an activating group) is 1. The summed E-state index contributed by atoms with van der Waals surface area (Å²) in [6, 6.07) is 0. The summed E-state index contributed by atoms with van der Waals surface area (Å²) in [6.45, 7) is 0.0905. The van der Waals surface area contributed by atoms with Crippen LogP contribution in [0.15, 0.2) is 16.9 Å². The standard InChI is InChI=1S/C7H10N4O2S/c1-11(3-6(8)10-13)7(12)5-2-9-4-14-5/h2,4,13H,3H2,1H3,(H2,8,10). The molecule has 0 aliphatic carbocycles. The highest BCUT2D eigenvalue weighted by molar-refractivity contribution is 7.11. The number of nitrogens with two attached hydrogens (primary N) is 1. The van der Waals surface area contributed by atoms with E-state index in [0.717, 1.165) is 0 Å². The Bertz CT molecular complexity index is 335. The van der Waals surface area contributed by atoms with E-state index in [0.29, 0.717) is 4.88 Å². The van der Waals surface area contributed by atoms with Gasteiger partial charge in [-0.1, -0.05) is 5.16 Å². The summed E-state index contributed by atoms with van der Waals surface area (Å²) in [7, 11) is 1.57. The number of oxime groups is 1. The monoisotopic (exact) mass is 214 g/mol. The van der Waals surface area contributed by atoms with Crippen LogP contribution in [-0.4, -0.2) is 40.4 Å². The molecule has 0 aliphatic heterocycles. The lowest BCUT2D eigenvalue weighted by Crippen LogP contribution is -2.35. The van der Waals surface area contributed by atoms with E-state index in [1.165, 1.54) is 22.4 Å². The Morgan fingerprint density at radius 1 is 1.86 bits per heavy atom. The second-order valence-corrected chi connectivity index (χ2v) is 3.50. The molecular formula is C7H10N4O2S. The molecule has 0 radical (unpaired) electrons. The first-order chi connectivity index (χ1) is 6.65. The molecular weight excluding hydrogens is 204 g/mol. The van der Waals surface area contributed by atoms with Crippen LogP contribution in [0.2, 0.25) is 0 Å². The number of hydrogen-bond donors (Lipinski definition) is 2. The Morgan fingerprint density at radius 2 is 2.57 bits per heavy atom. The fourth-order valence-corrected chi connectivity index (χ4v) is 1.47. The molecule has 14 heavy (non-hydrogen) atoms. The van der Waals surface area contributed by atoms with Gasteiger partial charge < -0.3 is 15.8 Å². The third-order valence-corrected chi connectivity index (χ3v) is 2.28. The molecule has 3 N–H and O–H groups in total. The first-order valence-electron chi connectivity index (χ1n) is 3.75. The van der Waals surface area contributed by atoms with E-state index in [1.54, 1.807) is 12.6 Å². The summed E-state index contributed by atoms with van der Waals surface area (Å²) in [5, 5.41) is 11.1. The van der Waals surface area contributed by atoms with E-state index in [4.69, 9.17) is 10.9 Å². The average molecular weight is 214 g/mol. The van der Waals surface area contributed by atoms with Gasteiger partial charge in [-0.25, -0.2) is 0 Å². The van der Waals surface area contributed by atoms with Crippen molar-refractivity contribution in [2.45, 2.75) is 0 Å². The number of carbonyl (C=O) groups is 1. The summed E-state index contributed by atoms with van der Waals surface area (Å²) < 4.78 is 0. The van der Waals surface area contributed by atoms with Crippen molar-refractivity contribution >= 4 is 23.1 Å². The number of aromatic nitrogens is 1. The molecule has 76 valence electrons. The summed E-state index contributed by atoms with van der Waals surface area (Å²) in [5.74, 6) is -0.204. The van der Waals surface area contributed by atoms with Crippen molar-refractivity contribution < 1.29 is 10.0 Å². The number of carbonyl (C=O) groups excluding carboxylic acids is 1. The maximum absolute atomic E-state index is 11.6. The van der Waals surface area contributed by atoms with Gasteiger partial charge in [0.05, 0.1) is 18.3 Å². The van der Waals surface area contributed by atoms with Crippen molar-refractivity contribution in [3.05, 3.63) is 16.6 Å². The van der Waals surface area contributed by atoms with Gasteiger partial charge in [0.2, 0.25) is 0 Å². The predicted octanol–water partition coefficient (Wildman–Crippen LogP) is -0.0385. The highest BCUT2D eigenvalue weighted by atomic mass is 32.1. The normalized spacial score (nSPS) is 11.4. The number of hydrogen-bond acceptors (Lipinski definition) is 5. The third kappa shape index (κ3) is 2.43. The van der Waals surface area contributed by atoms with Crippen LogP contribution in [0.1, 0.15) is 9.67 Å². The van der Waals surface area contributed by atoms with Crippen molar-refractivity contribution in [1.29, 1.82) is 0 Å². The topological polar surface area (TPSA) is 91.8 Å². The van der Waals surface area contributed by atoms with Crippen LogP contribution in [0.4, 0.5) is 0 Å². The second-order valence-electron chi connectivity index (χ2n) is 2.62. The van der Waals surface area contributed by atoms with Gasteiger partial charge in [0.15, 0.2) is 5.84 Å². The fourth-order valence-electron chi connectivity index (χ4n) is 0.856. The van der Waals surface area contributed by atoms with Gasteiger partial charge in [-0.3, -0.25) is 9.78 Å². The molecule has 6 nitrogen and oxygen atoms in total. The zero-order valence-corrected chi connectivity index (χ0v) is 8.36. The second kappa shape index (κ2) is 4.56. The van der Waals surface area contributed by atoms with Crippen molar-refractivity contribution in [3.63, 3.8) is 0 Å². The minimum Gasteiger partial charge on any atom is -0.409 e. The molecule has 0 unspecified atom stereocenters. The fraction of sp³-hybridized carbons (Fsp3) is 0.286. The Labute approximate surface area is 84.7 Å². The van der Waals surface area contributed by atoms with Crippen LogP contribution in [0.3, 0.4) is 0 Å². The van der Waals surface area contributed by atoms with Gasteiger partial charge in [-0.2, -0.15) is 0 Å². The molecule has 0 bridgehead atoms. The van der Waals surface area contributed by atoms with Crippen molar-refractivity contribution in [1.82, 2.24) is 9.88 Å². The number of amidine groups is 1. The maximum Gasteiger partial charge on any atom is 0.265 e. The first-order valence-corrected chi connectivity index (χ1v) is 4.63. The van der Waals surface area contributed by atoms with E-state index in [2.05, 4.69) is 10.1 Å². The van der Waals surface area contributed by atoms with Crippen molar-refractivity contribution in [2.75, 3.05) is 13.6 Å². The zero-order valence-electron chi connectivity index (χ0n) is 7.54. The smallest absolute Gasteiger partial charge is 0.265 e. The third-order valence-electron chi connectivity index (χ3n) is 1.52. The van der Waals surface area contributed by atoms with Crippen LogP contribution in [0.5, 0.6) is 0 Å². The maximum atomic E-state index is 11.6. The molecule has 0 atom stereocenters. The van der Waals surface area contributed by atoms with E-state index >= 15 is 0 Å². The van der Waals surface area contributed by atoms with Crippen molar-refractivity contribution in [2.24, 2.45) is 10.9 Å². The Hall–Kier alpha value is -1.63. The van der Waals surface area contributed by atoms with E-state index < -0.39 is 0 Å². The van der Waals surface area contributed by atoms with Crippen LogP contribution in [-0.2, 0) is 0 Å². The van der Waals surface area contributed by atoms with Crippen molar-refractivity contribution in [3.8, 4) is 0 Å². The summed E-state index contributed by atoms with van der Waals surface area (Å²) in [6.07, 6.45) is 1.48. The summed E-state index contributed by atoms with van der Waals surface area (Å²) >= 11 is 1.25. The lowest BCUT2D eigenvalue weighted by Gasteiger charge is -2.14. The predicted molar refractivity (Wildman–Crippen MR) is 52.5 cm³/mol. The molecule has 0 saturated heterocycles. The minimum absolute atomic E-state index is 0.00892. The molecule has 1 heterocycles. The number of rotatable bonds is 3. The summed E-state index contributed by atoms with van der Waals surface area (Å²) in [5.41, 5.74) is 6.83. The van der Waals surface area contributed by atoms with Crippen LogP contribution in [0.25, 0.3) is 0 Å². The van der Waals surface area contributed by atoms with Crippen LogP contribution >= 0.6 is 11.3 Å². The van der Waals surface area contributed by atoms with Gasteiger partial charge >= 0.3 is 0 Å². The van der Waals surface area contributed by atoms with Crippen LogP contribution < -0.4 is 5.73 Å². The molecule has 0 fully saturated rings. The molecule has 0 saturated carbocycles. The lowest BCUT2D eigenvalue weighted by atomic mass is 10.4. The molecule has 0 spiro atoms. The largest absolute Gasteiger partial charge is 0.409 e. The Kier molecular flexibility index (Phi) is 3.41. The molecule has 1 rings (SSSR count). The average Bonchev–Trinajstić information content (AvgIpc) is 2.69. The molecule has 0 aromatic carbocycles. The minimum atomic E-state index is -0.195. The van der Waals surface area contributed by atoms with Gasteiger partial charge in [-0.15, -0.1) is 11.3 Å². The van der Waals surface area contributed by atoms with Crippen LogP contribution in [0, 0.1) is 0 Å². The van der Waals surface area contributed by atoms with Gasteiger partial charge in [-0.05, 0) is 0 Å². The van der Waals surface area contributed by atoms with E-state index in [1.807, 2.05) is 0 Å². The van der Waals surface area contributed by atoms with Gasteiger partial charge in [0.1, 0.15) is 4.88 Å². The molecule has 7 heteroatoms. The quantitative estimate of drug-likeness (QED) is 0.319. The molecule has 1 aromatic rings. The SMILES string of the molecule is CN(CC(N)=NO)C(=O)c1cncs1. The number of amides is 1. The molecule has 1 amide bonds. The number of thiazole rings is 1. The first kappa shape index (κ1) is 10.5.